The maximum atomic E-state index is 11.2. The highest BCUT2D eigenvalue weighted by Crippen LogP contribution is 2.29. The van der Waals surface area contributed by atoms with Crippen molar-refractivity contribution >= 4 is 5.97 Å². The van der Waals surface area contributed by atoms with Crippen LogP contribution in [0.4, 0.5) is 0 Å². The molecule has 106 valence electrons. The van der Waals surface area contributed by atoms with Gasteiger partial charge in [0.1, 0.15) is 0 Å². The van der Waals surface area contributed by atoms with E-state index >= 15 is 0 Å². The normalized spacial score (nSPS) is 25.2. The highest BCUT2D eigenvalue weighted by Gasteiger charge is 2.37. The van der Waals surface area contributed by atoms with Gasteiger partial charge in [0.15, 0.2) is 0 Å². The lowest BCUT2D eigenvalue weighted by Crippen LogP contribution is -2.46. The van der Waals surface area contributed by atoms with E-state index in [9.17, 15) is 9.90 Å². The standard InChI is InChI=1S/C13H25NO4/c1-13(12(15)16)5-3-6-14(11-13)7-4-8-18-10-9-17-2/h3-11H2,1-2H3,(H,15,16). The van der Waals surface area contributed by atoms with Crippen molar-refractivity contribution in [2.45, 2.75) is 26.2 Å². The molecule has 0 aromatic carbocycles. The number of methoxy groups -OCH3 is 1. The number of likely N-dealkylation sites (tertiary alicyclic amines) is 1. The molecule has 1 fully saturated rings. The van der Waals surface area contributed by atoms with Crippen molar-refractivity contribution < 1.29 is 19.4 Å². The summed E-state index contributed by atoms with van der Waals surface area (Å²) >= 11 is 0. The Morgan fingerprint density at radius 2 is 2.17 bits per heavy atom. The number of hydrogen-bond acceptors (Lipinski definition) is 4. The van der Waals surface area contributed by atoms with Crippen LogP contribution >= 0.6 is 0 Å². The van der Waals surface area contributed by atoms with Gasteiger partial charge in [0.2, 0.25) is 0 Å². The molecule has 1 aliphatic heterocycles. The molecule has 1 saturated heterocycles. The molecule has 0 amide bonds. The van der Waals surface area contributed by atoms with E-state index in [1.54, 1.807) is 7.11 Å². The average Bonchev–Trinajstić information content (AvgIpc) is 2.34. The molecule has 1 unspecified atom stereocenters. The van der Waals surface area contributed by atoms with Gasteiger partial charge in [-0.25, -0.2) is 0 Å². The number of carbonyl (C=O) groups is 1. The number of aliphatic carboxylic acids is 1. The van der Waals surface area contributed by atoms with Crippen LogP contribution in [0.2, 0.25) is 0 Å². The average molecular weight is 259 g/mol. The van der Waals surface area contributed by atoms with Gasteiger partial charge >= 0.3 is 5.97 Å². The largest absolute Gasteiger partial charge is 0.481 e. The molecular formula is C13H25NO4. The first-order chi connectivity index (χ1) is 8.58. The zero-order valence-electron chi connectivity index (χ0n) is 11.5. The maximum absolute atomic E-state index is 11.2. The van der Waals surface area contributed by atoms with Crippen molar-refractivity contribution in [1.82, 2.24) is 4.90 Å². The van der Waals surface area contributed by atoms with Gasteiger partial charge in [0.25, 0.3) is 0 Å². The Morgan fingerprint density at radius 1 is 1.39 bits per heavy atom. The quantitative estimate of drug-likeness (QED) is 0.664. The zero-order valence-corrected chi connectivity index (χ0v) is 11.5. The van der Waals surface area contributed by atoms with Crippen molar-refractivity contribution in [2.75, 3.05) is 46.6 Å². The van der Waals surface area contributed by atoms with E-state index in [0.29, 0.717) is 26.4 Å². The van der Waals surface area contributed by atoms with Crippen molar-refractivity contribution in [2.24, 2.45) is 5.41 Å². The Hall–Kier alpha value is -0.650. The molecule has 0 spiro atoms. The molecule has 0 aromatic rings. The van der Waals surface area contributed by atoms with E-state index in [2.05, 4.69) is 4.90 Å². The van der Waals surface area contributed by atoms with Crippen molar-refractivity contribution in [3.05, 3.63) is 0 Å². The molecule has 0 radical (unpaired) electrons. The van der Waals surface area contributed by atoms with E-state index in [1.807, 2.05) is 6.92 Å². The minimum Gasteiger partial charge on any atom is -0.481 e. The van der Waals surface area contributed by atoms with Gasteiger partial charge in [0, 0.05) is 26.8 Å². The molecular weight excluding hydrogens is 234 g/mol. The Morgan fingerprint density at radius 3 is 2.83 bits per heavy atom. The summed E-state index contributed by atoms with van der Waals surface area (Å²) in [6.45, 7) is 6.38. The van der Waals surface area contributed by atoms with Crippen LogP contribution in [0.1, 0.15) is 26.2 Å². The second kappa shape index (κ2) is 7.71. The summed E-state index contributed by atoms with van der Waals surface area (Å²) in [7, 11) is 1.66. The molecule has 1 aliphatic rings. The van der Waals surface area contributed by atoms with Crippen LogP contribution < -0.4 is 0 Å². The van der Waals surface area contributed by atoms with Crippen molar-refractivity contribution in [1.29, 1.82) is 0 Å². The van der Waals surface area contributed by atoms with E-state index in [1.165, 1.54) is 0 Å². The summed E-state index contributed by atoms with van der Waals surface area (Å²) in [5.41, 5.74) is -0.574. The SMILES string of the molecule is COCCOCCCN1CCCC(C)(C(=O)O)C1. The Kier molecular flexibility index (Phi) is 6.60. The number of ether oxygens (including phenoxy) is 2. The van der Waals surface area contributed by atoms with Crippen LogP contribution in [0.3, 0.4) is 0 Å². The molecule has 5 nitrogen and oxygen atoms in total. The number of carboxylic acid groups (broad SMARTS) is 1. The van der Waals surface area contributed by atoms with Gasteiger partial charge in [-0.05, 0) is 32.7 Å². The highest BCUT2D eigenvalue weighted by atomic mass is 16.5. The Labute approximate surface area is 109 Å². The second-order valence-electron chi connectivity index (χ2n) is 5.20. The van der Waals surface area contributed by atoms with Crippen LogP contribution in [0, 0.1) is 5.41 Å². The molecule has 5 heteroatoms. The molecule has 1 rings (SSSR count). The van der Waals surface area contributed by atoms with Crippen LogP contribution in [0.25, 0.3) is 0 Å². The number of nitrogens with zero attached hydrogens (tertiary/aromatic N) is 1. The number of rotatable bonds is 8. The number of piperidine rings is 1. The highest BCUT2D eigenvalue weighted by molar-refractivity contribution is 5.74. The van der Waals surface area contributed by atoms with Crippen molar-refractivity contribution in [3.63, 3.8) is 0 Å². The second-order valence-corrected chi connectivity index (χ2v) is 5.20. The Bertz CT molecular complexity index is 259. The minimum atomic E-state index is -0.677. The maximum Gasteiger partial charge on any atom is 0.310 e. The third-order valence-electron chi connectivity index (χ3n) is 3.49. The molecule has 0 saturated carbocycles. The summed E-state index contributed by atoms with van der Waals surface area (Å²) in [5, 5.41) is 9.22. The first-order valence-electron chi connectivity index (χ1n) is 6.61. The van der Waals surface area contributed by atoms with Crippen LogP contribution in [-0.4, -0.2) is 62.5 Å². The molecule has 0 bridgehead atoms. The van der Waals surface area contributed by atoms with Crippen LogP contribution in [0.5, 0.6) is 0 Å². The van der Waals surface area contributed by atoms with Gasteiger partial charge in [-0.3, -0.25) is 4.79 Å². The lowest BCUT2D eigenvalue weighted by molar-refractivity contribution is -0.151. The van der Waals surface area contributed by atoms with Gasteiger partial charge < -0.3 is 19.5 Å². The van der Waals surface area contributed by atoms with E-state index in [0.717, 1.165) is 32.4 Å². The van der Waals surface area contributed by atoms with Gasteiger partial charge in [0.05, 0.1) is 18.6 Å². The number of carboxylic acids is 1. The van der Waals surface area contributed by atoms with Crippen LogP contribution in [0.15, 0.2) is 0 Å². The monoisotopic (exact) mass is 259 g/mol. The smallest absolute Gasteiger partial charge is 0.310 e. The summed E-state index contributed by atoms with van der Waals surface area (Å²) in [6, 6.07) is 0. The zero-order chi connectivity index (χ0) is 13.4. The number of hydrogen-bond donors (Lipinski definition) is 1. The predicted octanol–water partition coefficient (Wildman–Crippen LogP) is 1.23. The molecule has 18 heavy (non-hydrogen) atoms. The van der Waals surface area contributed by atoms with E-state index < -0.39 is 11.4 Å². The fourth-order valence-electron chi connectivity index (χ4n) is 2.34. The van der Waals surface area contributed by atoms with Crippen LogP contribution in [-0.2, 0) is 14.3 Å². The third kappa shape index (κ3) is 4.92. The first-order valence-corrected chi connectivity index (χ1v) is 6.61. The topological polar surface area (TPSA) is 59.0 Å². The molecule has 0 aliphatic carbocycles. The lowest BCUT2D eigenvalue weighted by atomic mass is 9.82. The summed E-state index contributed by atoms with van der Waals surface area (Å²) in [5.74, 6) is -0.677. The Balaban J connectivity index is 2.17. The fourth-order valence-corrected chi connectivity index (χ4v) is 2.34. The summed E-state index contributed by atoms with van der Waals surface area (Å²) in [6.07, 6.45) is 2.69. The molecule has 1 heterocycles. The summed E-state index contributed by atoms with van der Waals surface area (Å²) in [4.78, 5) is 13.4. The van der Waals surface area contributed by atoms with E-state index in [4.69, 9.17) is 9.47 Å². The van der Waals surface area contributed by atoms with Gasteiger partial charge in [-0.2, -0.15) is 0 Å². The molecule has 1 N–H and O–H groups in total. The lowest BCUT2D eigenvalue weighted by Gasteiger charge is -2.37. The predicted molar refractivity (Wildman–Crippen MR) is 68.7 cm³/mol. The first kappa shape index (κ1) is 15.4. The molecule has 1 atom stereocenters. The van der Waals surface area contributed by atoms with Gasteiger partial charge in [-0.15, -0.1) is 0 Å². The van der Waals surface area contributed by atoms with E-state index in [-0.39, 0.29) is 0 Å². The molecule has 0 aromatic heterocycles. The minimum absolute atomic E-state index is 0.574. The van der Waals surface area contributed by atoms with Gasteiger partial charge in [-0.1, -0.05) is 0 Å². The third-order valence-corrected chi connectivity index (χ3v) is 3.49. The fraction of sp³-hybridized carbons (Fsp3) is 0.923. The van der Waals surface area contributed by atoms with Crippen molar-refractivity contribution in [3.8, 4) is 0 Å². The summed E-state index contributed by atoms with van der Waals surface area (Å²) < 4.78 is 10.3.